The Morgan fingerprint density at radius 2 is 2.46 bits per heavy atom. The number of nitrogens with one attached hydrogen (secondary N) is 1. The number of hydrogen-bond donors (Lipinski definition) is 1. The topological polar surface area (TPSA) is 64.1 Å². The summed E-state index contributed by atoms with van der Waals surface area (Å²) in [6.07, 6.45) is 1.31. The Morgan fingerprint density at radius 1 is 1.69 bits per heavy atom. The van der Waals surface area contributed by atoms with E-state index in [9.17, 15) is 4.79 Å². The van der Waals surface area contributed by atoms with Gasteiger partial charge in [-0.1, -0.05) is 6.92 Å². The van der Waals surface area contributed by atoms with E-state index in [0.717, 1.165) is 30.2 Å². The molecule has 0 saturated heterocycles. The number of anilines is 1. The molecule has 0 unspecified atom stereocenters. The van der Waals surface area contributed by atoms with Gasteiger partial charge in [0.05, 0.1) is 7.11 Å². The Bertz CT molecular complexity index is 287. The maximum absolute atomic E-state index is 10.8. The molecule has 13 heavy (non-hydrogen) atoms. The van der Waals surface area contributed by atoms with E-state index >= 15 is 0 Å². The van der Waals surface area contributed by atoms with Gasteiger partial charge in [0.2, 0.25) is 5.13 Å². The lowest BCUT2D eigenvalue weighted by Crippen LogP contribution is -2.10. The number of methoxy groups -OCH3 is 1. The molecule has 1 amide bonds. The third-order valence-corrected chi connectivity index (χ3v) is 2.00. The number of aryl methyl sites for hydroxylation is 1. The van der Waals surface area contributed by atoms with Crippen molar-refractivity contribution in [2.75, 3.05) is 12.4 Å². The minimum atomic E-state index is -0.515. The second-order valence-electron chi connectivity index (χ2n) is 2.38. The lowest BCUT2D eigenvalue weighted by Gasteiger charge is -1.95. The molecular formula is C7H11N3O2S. The van der Waals surface area contributed by atoms with E-state index in [1.165, 1.54) is 7.11 Å². The van der Waals surface area contributed by atoms with E-state index in [4.69, 9.17) is 0 Å². The van der Waals surface area contributed by atoms with Crippen LogP contribution in [0.15, 0.2) is 0 Å². The van der Waals surface area contributed by atoms with Crippen LogP contribution in [-0.4, -0.2) is 22.6 Å². The highest BCUT2D eigenvalue weighted by Crippen LogP contribution is 2.11. The third kappa shape index (κ3) is 2.98. The average Bonchev–Trinajstić information content (AvgIpc) is 2.53. The van der Waals surface area contributed by atoms with Crippen LogP contribution in [0.1, 0.15) is 19.2 Å². The van der Waals surface area contributed by atoms with Crippen molar-refractivity contribution in [1.29, 1.82) is 0 Å². The van der Waals surface area contributed by atoms with Crippen LogP contribution in [-0.2, 0) is 11.2 Å². The number of nitrogens with zero attached hydrogens (tertiary/aromatic N) is 2. The lowest BCUT2D eigenvalue weighted by molar-refractivity contribution is 0.187. The normalized spacial score (nSPS) is 9.69. The minimum Gasteiger partial charge on any atom is -0.453 e. The van der Waals surface area contributed by atoms with Gasteiger partial charge in [0.25, 0.3) is 0 Å². The summed E-state index contributed by atoms with van der Waals surface area (Å²) in [6, 6.07) is 0. The van der Waals surface area contributed by atoms with Gasteiger partial charge in [-0.3, -0.25) is 5.32 Å². The predicted molar refractivity (Wildman–Crippen MR) is 49.9 cm³/mol. The monoisotopic (exact) mass is 201 g/mol. The molecule has 0 aliphatic heterocycles. The second-order valence-corrected chi connectivity index (χ2v) is 3.13. The molecule has 6 heteroatoms. The molecule has 1 aromatic heterocycles. The quantitative estimate of drug-likeness (QED) is 0.807. The molecule has 72 valence electrons. The first kappa shape index (κ1) is 9.91. The van der Waals surface area contributed by atoms with E-state index in [2.05, 4.69) is 26.3 Å². The molecule has 1 rings (SSSR count). The zero-order chi connectivity index (χ0) is 9.68. The van der Waals surface area contributed by atoms with Gasteiger partial charge in [-0.15, -0.1) is 0 Å². The summed E-state index contributed by atoms with van der Waals surface area (Å²) in [5, 5.41) is 2.94. The molecule has 0 radical (unpaired) electrons. The van der Waals surface area contributed by atoms with Crippen LogP contribution in [0.5, 0.6) is 0 Å². The van der Waals surface area contributed by atoms with Crippen LogP contribution in [0.2, 0.25) is 0 Å². The molecule has 1 heterocycles. The summed E-state index contributed by atoms with van der Waals surface area (Å²) in [5.41, 5.74) is 0. The van der Waals surface area contributed by atoms with E-state index in [1.54, 1.807) is 0 Å². The van der Waals surface area contributed by atoms with Crippen molar-refractivity contribution in [2.45, 2.75) is 19.8 Å². The largest absolute Gasteiger partial charge is 0.453 e. The summed E-state index contributed by atoms with van der Waals surface area (Å²) in [7, 11) is 1.31. The maximum atomic E-state index is 10.8. The zero-order valence-electron chi connectivity index (χ0n) is 7.53. The van der Waals surface area contributed by atoms with Crippen LogP contribution in [0.25, 0.3) is 0 Å². The van der Waals surface area contributed by atoms with E-state index in [1.807, 2.05) is 0 Å². The van der Waals surface area contributed by atoms with Gasteiger partial charge in [0, 0.05) is 18.0 Å². The summed E-state index contributed by atoms with van der Waals surface area (Å²) in [4.78, 5) is 14.8. The van der Waals surface area contributed by atoms with Crippen molar-refractivity contribution in [3.05, 3.63) is 5.82 Å². The molecule has 0 spiro atoms. The first-order chi connectivity index (χ1) is 6.26. The number of aromatic nitrogens is 2. The van der Waals surface area contributed by atoms with Crippen LogP contribution >= 0.6 is 11.5 Å². The van der Waals surface area contributed by atoms with Crippen molar-refractivity contribution in [1.82, 2.24) is 9.36 Å². The number of hydrogen-bond acceptors (Lipinski definition) is 5. The molecule has 1 N–H and O–H groups in total. The first-order valence-electron chi connectivity index (χ1n) is 3.93. The number of carbonyl (C=O) groups is 1. The predicted octanol–water partition coefficient (Wildman–Crippen LogP) is 1.67. The Morgan fingerprint density at radius 3 is 3.08 bits per heavy atom. The zero-order valence-corrected chi connectivity index (χ0v) is 8.35. The fourth-order valence-electron chi connectivity index (χ4n) is 0.768. The standard InChI is InChI=1S/C7H11N3O2S/c1-3-4-5-8-6(13-10-5)9-7(11)12-2/h3-4H2,1-2H3,(H,8,9,10,11). The van der Waals surface area contributed by atoms with E-state index in [-0.39, 0.29) is 0 Å². The summed E-state index contributed by atoms with van der Waals surface area (Å²) in [6.45, 7) is 2.05. The third-order valence-electron chi connectivity index (χ3n) is 1.34. The van der Waals surface area contributed by atoms with Crippen LogP contribution in [0, 0.1) is 0 Å². The number of ether oxygens (including phenoxy) is 1. The average molecular weight is 201 g/mol. The highest BCUT2D eigenvalue weighted by atomic mass is 32.1. The molecule has 0 fully saturated rings. The number of amides is 1. The molecule has 5 nitrogen and oxygen atoms in total. The smallest absolute Gasteiger partial charge is 0.413 e. The van der Waals surface area contributed by atoms with Crippen molar-refractivity contribution >= 4 is 22.8 Å². The van der Waals surface area contributed by atoms with Crippen molar-refractivity contribution in [3.8, 4) is 0 Å². The summed E-state index contributed by atoms with van der Waals surface area (Å²) >= 11 is 1.16. The first-order valence-corrected chi connectivity index (χ1v) is 4.71. The van der Waals surface area contributed by atoms with Crippen molar-refractivity contribution in [3.63, 3.8) is 0 Å². The Kier molecular flexibility index (Phi) is 3.63. The maximum Gasteiger partial charge on any atom is 0.413 e. The van der Waals surface area contributed by atoms with E-state index < -0.39 is 6.09 Å². The van der Waals surface area contributed by atoms with Gasteiger partial charge < -0.3 is 4.74 Å². The Hall–Kier alpha value is -1.17. The number of rotatable bonds is 3. The minimum absolute atomic E-state index is 0.482. The van der Waals surface area contributed by atoms with Gasteiger partial charge in [-0.2, -0.15) is 4.37 Å². The second kappa shape index (κ2) is 4.76. The van der Waals surface area contributed by atoms with Crippen molar-refractivity contribution < 1.29 is 9.53 Å². The highest BCUT2D eigenvalue weighted by molar-refractivity contribution is 7.09. The molecular weight excluding hydrogens is 190 g/mol. The van der Waals surface area contributed by atoms with Gasteiger partial charge in [-0.25, -0.2) is 9.78 Å². The van der Waals surface area contributed by atoms with Gasteiger partial charge in [0.15, 0.2) is 0 Å². The molecule has 1 aromatic rings. The van der Waals surface area contributed by atoms with Gasteiger partial charge >= 0.3 is 6.09 Å². The van der Waals surface area contributed by atoms with Gasteiger partial charge in [0.1, 0.15) is 5.82 Å². The highest BCUT2D eigenvalue weighted by Gasteiger charge is 2.06. The molecule has 0 aromatic carbocycles. The van der Waals surface area contributed by atoms with E-state index in [0.29, 0.717) is 5.13 Å². The number of carbonyl (C=O) groups excluding carboxylic acids is 1. The molecule has 0 atom stereocenters. The van der Waals surface area contributed by atoms with Gasteiger partial charge in [-0.05, 0) is 6.42 Å². The Labute approximate surface area is 80.3 Å². The molecule has 0 saturated carbocycles. The Balaban J connectivity index is 2.53. The van der Waals surface area contributed by atoms with Crippen molar-refractivity contribution in [2.24, 2.45) is 0 Å². The summed E-state index contributed by atoms with van der Waals surface area (Å²) in [5.74, 6) is 0.763. The SMILES string of the molecule is CCCc1nsc(NC(=O)OC)n1. The fraction of sp³-hybridized carbons (Fsp3) is 0.571. The van der Waals surface area contributed by atoms with Crippen LogP contribution in [0.3, 0.4) is 0 Å². The lowest BCUT2D eigenvalue weighted by atomic mass is 10.3. The fourth-order valence-corrected chi connectivity index (χ4v) is 1.37. The molecule has 0 bridgehead atoms. The molecule has 0 aliphatic rings. The van der Waals surface area contributed by atoms with Crippen LogP contribution in [0.4, 0.5) is 9.93 Å². The summed E-state index contributed by atoms with van der Waals surface area (Å²) < 4.78 is 8.47. The molecule has 0 aliphatic carbocycles. The van der Waals surface area contributed by atoms with Crippen LogP contribution < -0.4 is 5.32 Å².